The molecule has 16 heavy (non-hydrogen) atoms. The van der Waals surface area contributed by atoms with Crippen LogP contribution in [0.1, 0.15) is 30.6 Å². The van der Waals surface area contributed by atoms with E-state index in [-0.39, 0.29) is 6.10 Å². The maximum atomic E-state index is 10.7. The van der Waals surface area contributed by atoms with Crippen LogP contribution in [-0.2, 0) is 0 Å². The van der Waals surface area contributed by atoms with Gasteiger partial charge in [0.05, 0.1) is 18.2 Å². The Bertz CT molecular complexity index is 377. The van der Waals surface area contributed by atoms with Gasteiger partial charge in [0.15, 0.2) is 11.5 Å². The van der Waals surface area contributed by atoms with Crippen LogP contribution < -0.4 is 9.47 Å². The molecule has 4 heteroatoms. The molecule has 0 aliphatic carbocycles. The number of halogens is 1. The summed E-state index contributed by atoms with van der Waals surface area (Å²) in [6.07, 6.45) is 1.64. The average molecular weight is 243 g/mol. The van der Waals surface area contributed by atoms with Gasteiger partial charge >= 0.3 is 0 Å². The molecule has 0 N–H and O–H groups in total. The molecule has 0 aliphatic heterocycles. The molecule has 0 amide bonds. The summed E-state index contributed by atoms with van der Waals surface area (Å²) in [5.41, 5.74) is 0.471. The molecule has 0 saturated carbocycles. The number of aldehydes is 1. The predicted molar refractivity (Wildman–Crippen MR) is 63.8 cm³/mol. The number of methoxy groups -OCH3 is 1. The van der Waals surface area contributed by atoms with Crippen molar-refractivity contribution in [2.75, 3.05) is 7.11 Å². The minimum Gasteiger partial charge on any atom is -0.493 e. The van der Waals surface area contributed by atoms with Crippen LogP contribution in [0, 0.1) is 0 Å². The Morgan fingerprint density at radius 1 is 1.50 bits per heavy atom. The van der Waals surface area contributed by atoms with Gasteiger partial charge in [0, 0.05) is 5.56 Å². The van der Waals surface area contributed by atoms with Crippen LogP contribution >= 0.6 is 11.6 Å². The van der Waals surface area contributed by atoms with E-state index in [1.54, 1.807) is 12.1 Å². The molecule has 88 valence electrons. The molecule has 0 unspecified atom stereocenters. The molecular formula is C12H15ClO3. The molecule has 0 heterocycles. The molecule has 0 radical (unpaired) electrons. The van der Waals surface area contributed by atoms with Crippen molar-refractivity contribution >= 4 is 17.9 Å². The van der Waals surface area contributed by atoms with Crippen molar-refractivity contribution in [3.63, 3.8) is 0 Å². The molecule has 0 aromatic heterocycles. The van der Waals surface area contributed by atoms with Gasteiger partial charge in [0.25, 0.3) is 0 Å². The Balaban J connectivity index is 3.11. The Kier molecular flexibility index (Phi) is 4.62. The third kappa shape index (κ3) is 2.89. The molecule has 0 bridgehead atoms. The second-order valence-electron chi connectivity index (χ2n) is 3.49. The summed E-state index contributed by atoms with van der Waals surface area (Å²) in [7, 11) is 1.52. The molecule has 1 atom stereocenters. The lowest BCUT2D eigenvalue weighted by molar-refractivity contribution is 0.112. The first-order valence-corrected chi connectivity index (χ1v) is 5.49. The largest absolute Gasteiger partial charge is 0.493 e. The molecular weight excluding hydrogens is 228 g/mol. The van der Waals surface area contributed by atoms with E-state index in [0.29, 0.717) is 22.1 Å². The van der Waals surface area contributed by atoms with Crippen LogP contribution in [-0.4, -0.2) is 19.5 Å². The molecule has 0 aliphatic rings. The van der Waals surface area contributed by atoms with E-state index in [1.807, 2.05) is 13.8 Å². The lowest BCUT2D eigenvalue weighted by Crippen LogP contribution is -2.11. The van der Waals surface area contributed by atoms with Crippen molar-refractivity contribution < 1.29 is 14.3 Å². The second kappa shape index (κ2) is 5.75. The highest BCUT2D eigenvalue weighted by Gasteiger charge is 2.13. The highest BCUT2D eigenvalue weighted by atomic mass is 35.5. The summed E-state index contributed by atoms with van der Waals surface area (Å²) >= 11 is 6.03. The van der Waals surface area contributed by atoms with Gasteiger partial charge in [0.2, 0.25) is 0 Å². The van der Waals surface area contributed by atoms with Gasteiger partial charge in [0.1, 0.15) is 6.29 Å². The number of rotatable bonds is 5. The molecule has 3 nitrogen and oxygen atoms in total. The third-order valence-corrected chi connectivity index (χ3v) is 2.56. The number of hydrogen-bond donors (Lipinski definition) is 0. The number of carbonyl (C=O) groups is 1. The molecule has 1 aromatic carbocycles. The Morgan fingerprint density at radius 3 is 2.69 bits per heavy atom. The van der Waals surface area contributed by atoms with Gasteiger partial charge in [-0.05, 0) is 25.5 Å². The highest BCUT2D eigenvalue weighted by molar-refractivity contribution is 6.32. The van der Waals surface area contributed by atoms with Crippen LogP contribution in [0.25, 0.3) is 0 Å². The maximum Gasteiger partial charge on any atom is 0.180 e. The van der Waals surface area contributed by atoms with Crippen molar-refractivity contribution in [3.05, 3.63) is 22.7 Å². The predicted octanol–water partition coefficient (Wildman–Crippen LogP) is 3.34. The Morgan fingerprint density at radius 2 is 2.19 bits per heavy atom. The number of carbonyl (C=O) groups excluding carboxylic acids is 1. The summed E-state index contributed by atoms with van der Waals surface area (Å²) in [4.78, 5) is 10.7. The summed E-state index contributed by atoms with van der Waals surface area (Å²) in [6, 6.07) is 3.17. The fraction of sp³-hybridized carbons (Fsp3) is 0.417. The minimum atomic E-state index is 0.0495. The van der Waals surface area contributed by atoms with Crippen molar-refractivity contribution in [1.82, 2.24) is 0 Å². The summed E-state index contributed by atoms with van der Waals surface area (Å²) in [6.45, 7) is 3.97. The molecule has 0 fully saturated rings. The average Bonchev–Trinajstić information content (AvgIpc) is 2.30. The zero-order chi connectivity index (χ0) is 12.1. The van der Waals surface area contributed by atoms with Crippen LogP contribution in [0.4, 0.5) is 0 Å². The number of hydrogen-bond acceptors (Lipinski definition) is 3. The topological polar surface area (TPSA) is 35.5 Å². The Hall–Kier alpha value is -1.22. The minimum absolute atomic E-state index is 0.0495. The van der Waals surface area contributed by atoms with Gasteiger partial charge in [-0.25, -0.2) is 0 Å². The maximum absolute atomic E-state index is 10.7. The summed E-state index contributed by atoms with van der Waals surface area (Å²) in [5, 5.41) is 0.391. The zero-order valence-electron chi connectivity index (χ0n) is 9.62. The van der Waals surface area contributed by atoms with Gasteiger partial charge < -0.3 is 9.47 Å². The van der Waals surface area contributed by atoms with Crippen LogP contribution in [0.15, 0.2) is 12.1 Å². The highest BCUT2D eigenvalue weighted by Crippen LogP contribution is 2.36. The summed E-state index contributed by atoms with van der Waals surface area (Å²) in [5.74, 6) is 0.971. The van der Waals surface area contributed by atoms with Gasteiger partial charge in [-0.15, -0.1) is 0 Å². The van der Waals surface area contributed by atoms with E-state index in [9.17, 15) is 4.79 Å². The van der Waals surface area contributed by atoms with E-state index >= 15 is 0 Å². The standard InChI is InChI=1S/C12H15ClO3/c1-4-8(2)16-12-10(13)5-9(7-14)6-11(12)15-3/h5-8H,4H2,1-3H3/t8-/m1/s1. The first-order chi connectivity index (χ1) is 7.62. The second-order valence-corrected chi connectivity index (χ2v) is 3.90. The lowest BCUT2D eigenvalue weighted by atomic mass is 10.2. The van der Waals surface area contributed by atoms with Gasteiger partial charge in [-0.2, -0.15) is 0 Å². The smallest absolute Gasteiger partial charge is 0.180 e. The SMILES string of the molecule is CC[C@@H](C)Oc1c(Cl)cc(C=O)cc1OC. The summed E-state index contributed by atoms with van der Waals surface area (Å²) < 4.78 is 10.8. The zero-order valence-corrected chi connectivity index (χ0v) is 10.4. The lowest BCUT2D eigenvalue weighted by Gasteiger charge is -2.17. The van der Waals surface area contributed by atoms with E-state index in [1.165, 1.54) is 7.11 Å². The van der Waals surface area contributed by atoms with Crippen molar-refractivity contribution in [3.8, 4) is 11.5 Å². The monoisotopic (exact) mass is 242 g/mol. The first-order valence-electron chi connectivity index (χ1n) is 5.11. The van der Waals surface area contributed by atoms with E-state index in [4.69, 9.17) is 21.1 Å². The van der Waals surface area contributed by atoms with Crippen LogP contribution in [0.3, 0.4) is 0 Å². The van der Waals surface area contributed by atoms with Gasteiger partial charge in [-0.3, -0.25) is 4.79 Å². The fourth-order valence-electron chi connectivity index (χ4n) is 1.21. The van der Waals surface area contributed by atoms with Crippen molar-refractivity contribution in [1.29, 1.82) is 0 Å². The molecule has 0 spiro atoms. The number of benzene rings is 1. The molecule has 1 aromatic rings. The van der Waals surface area contributed by atoms with E-state index in [0.717, 1.165) is 12.7 Å². The normalized spacial score (nSPS) is 12.0. The first kappa shape index (κ1) is 12.8. The fourth-order valence-corrected chi connectivity index (χ4v) is 1.47. The van der Waals surface area contributed by atoms with Gasteiger partial charge in [-0.1, -0.05) is 18.5 Å². The van der Waals surface area contributed by atoms with E-state index < -0.39 is 0 Å². The Labute approximate surface area is 100 Å². The van der Waals surface area contributed by atoms with E-state index in [2.05, 4.69) is 0 Å². The van der Waals surface area contributed by atoms with Crippen LogP contribution in [0.5, 0.6) is 11.5 Å². The molecule has 1 rings (SSSR count). The van der Waals surface area contributed by atoms with Crippen LogP contribution in [0.2, 0.25) is 5.02 Å². The van der Waals surface area contributed by atoms with Crippen molar-refractivity contribution in [2.24, 2.45) is 0 Å². The third-order valence-electron chi connectivity index (χ3n) is 2.28. The quantitative estimate of drug-likeness (QED) is 0.743. The van der Waals surface area contributed by atoms with Crippen molar-refractivity contribution in [2.45, 2.75) is 26.4 Å². The molecule has 0 saturated heterocycles. The number of ether oxygens (including phenoxy) is 2.